The van der Waals surface area contributed by atoms with Crippen LogP contribution >= 0.6 is 0 Å². The normalized spacial score (nSPS) is 23.5. The summed E-state index contributed by atoms with van der Waals surface area (Å²) in [7, 11) is 4.15. The van der Waals surface area contributed by atoms with E-state index in [2.05, 4.69) is 56.9 Å². The number of rotatable bonds is 7. The molecule has 0 aromatic rings. The summed E-state index contributed by atoms with van der Waals surface area (Å²) in [5.41, 5.74) is 0. The molecule has 1 N–H and O–H groups in total. The van der Waals surface area contributed by atoms with Crippen LogP contribution in [0.5, 0.6) is 0 Å². The Morgan fingerprint density at radius 2 is 2.00 bits per heavy atom. The predicted octanol–water partition coefficient (Wildman–Crippen LogP) is 1.77. The molecule has 1 aliphatic heterocycles. The van der Waals surface area contributed by atoms with Crippen molar-refractivity contribution in [3.8, 4) is 0 Å². The molecule has 0 aliphatic carbocycles. The molecule has 4 nitrogen and oxygen atoms in total. The first-order valence-electron chi connectivity index (χ1n) is 7.55. The highest BCUT2D eigenvalue weighted by atomic mass is 16.2. The maximum Gasteiger partial charge on any atom is 0.241 e. The Balaban J connectivity index is 2.72. The second-order valence-corrected chi connectivity index (χ2v) is 6.58. The van der Waals surface area contributed by atoms with E-state index in [-0.39, 0.29) is 6.04 Å². The fourth-order valence-electron chi connectivity index (χ4n) is 2.80. The molecule has 0 bridgehead atoms. The molecule has 112 valence electrons. The zero-order chi connectivity index (χ0) is 14.6. The molecule has 1 fully saturated rings. The molecule has 4 heteroatoms. The summed E-state index contributed by atoms with van der Waals surface area (Å²) in [6, 6.07) is 0.339. The zero-order valence-corrected chi connectivity index (χ0v) is 13.4. The van der Waals surface area contributed by atoms with Crippen LogP contribution in [-0.2, 0) is 4.79 Å². The van der Waals surface area contributed by atoms with Gasteiger partial charge in [0.05, 0.1) is 12.7 Å². The molecule has 0 aromatic heterocycles. The Hall–Kier alpha value is -0.610. The molecular weight excluding hydrogens is 238 g/mol. The number of hydrogen-bond acceptors (Lipinski definition) is 3. The molecule has 0 saturated carbocycles. The summed E-state index contributed by atoms with van der Waals surface area (Å²) >= 11 is 0. The minimum atomic E-state index is 0.0156. The summed E-state index contributed by atoms with van der Waals surface area (Å²) in [5.74, 6) is 1.32. The molecule has 1 rings (SSSR count). The van der Waals surface area contributed by atoms with E-state index in [1.165, 1.54) is 0 Å². The molecule has 0 radical (unpaired) electrons. The average molecular weight is 269 g/mol. The van der Waals surface area contributed by atoms with Gasteiger partial charge in [-0.1, -0.05) is 34.1 Å². The minimum absolute atomic E-state index is 0.0156. The third-order valence-electron chi connectivity index (χ3n) is 4.00. The Labute approximate surface area is 118 Å². The maximum atomic E-state index is 12.6. The van der Waals surface area contributed by atoms with Gasteiger partial charge in [-0.3, -0.25) is 10.1 Å². The van der Waals surface area contributed by atoms with Crippen molar-refractivity contribution in [2.45, 2.75) is 52.6 Å². The number of nitrogens with one attached hydrogen (secondary N) is 1. The van der Waals surface area contributed by atoms with E-state index in [1.54, 1.807) is 0 Å². The fourth-order valence-corrected chi connectivity index (χ4v) is 2.80. The van der Waals surface area contributed by atoms with Gasteiger partial charge in [0, 0.05) is 12.6 Å². The lowest BCUT2D eigenvalue weighted by atomic mass is 9.98. The molecule has 0 spiro atoms. The second kappa shape index (κ2) is 7.25. The van der Waals surface area contributed by atoms with Gasteiger partial charge in [-0.05, 0) is 32.4 Å². The third kappa shape index (κ3) is 4.46. The zero-order valence-electron chi connectivity index (χ0n) is 13.4. The van der Waals surface area contributed by atoms with E-state index in [4.69, 9.17) is 0 Å². The van der Waals surface area contributed by atoms with E-state index < -0.39 is 0 Å². The van der Waals surface area contributed by atoms with Gasteiger partial charge in [-0.2, -0.15) is 0 Å². The lowest BCUT2D eigenvalue weighted by Gasteiger charge is -2.31. The standard InChI is InChI=1S/C15H31N3O/c1-7-12(4)14-15(19)18(10-16-14)13(8-11(2)3)9-17(5)6/h11-14,16H,7-10H2,1-6H3. The van der Waals surface area contributed by atoms with Gasteiger partial charge in [0.1, 0.15) is 0 Å². The van der Waals surface area contributed by atoms with Crippen molar-refractivity contribution < 1.29 is 4.79 Å². The van der Waals surface area contributed by atoms with Crippen LogP contribution in [0.4, 0.5) is 0 Å². The Morgan fingerprint density at radius 3 is 2.47 bits per heavy atom. The average Bonchev–Trinajstić information content (AvgIpc) is 2.68. The summed E-state index contributed by atoms with van der Waals surface area (Å²) in [4.78, 5) is 16.8. The Kier molecular flexibility index (Phi) is 6.27. The summed E-state index contributed by atoms with van der Waals surface area (Å²) < 4.78 is 0. The summed E-state index contributed by atoms with van der Waals surface area (Å²) in [6.07, 6.45) is 2.11. The SMILES string of the molecule is CCC(C)C1NCN(C(CC(C)C)CN(C)C)C1=O. The Bertz CT molecular complexity index is 281. The number of amides is 1. The fraction of sp³-hybridized carbons (Fsp3) is 0.933. The second-order valence-electron chi connectivity index (χ2n) is 6.58. The first kappa shape index (κ1) is 16.4. The van der Waals surface area contributed by atoms with E-state index in [9.17, 15) is 4.79 Å². The maximum absolute atomic E-state index is 12.6. The molecule has 3 unspecified atom stereocenters. The van der Waals surface area contributed by atoms with Gasteiger partial charge in [0.25, 0.3) is 0 Å². The number of likely N-dealkylation sites (N-methyl/N-ethyl adjacent to an activating group) is 1. The summed E-state index contributed by atoms with van der Waals surface area (Å²) in [6.45, 7) is 10.4. The highest BCUT2D eigenvalue weighted by Crippen LogP contribution is 2.20. The van der Waals surface area contributed by atoms with Crippen molar-refractivity contribution in [3.63, 3.8) is 0 Å². The number of hydrogen-bond donors (Lipinski definition) is 1. The van der Waals surface area contributed by atoms with Crippen LogP contribution in [0.2, 0.25) is 0 Å². The van der Waals surface area contributed by atoms with Crippen molar-refractivity contribution in [1.82, 2.24) is 15.1 Å². The third-order valence-corrected chi connectivity index (χ3v) is 4.00. The van der Waals surface area contributed by atoms with Gasteiger partial charge < -0.3 is 9.80 Å². The van der Waals surface area contributed by atoms with Crippen molar-refractivity contribution in [3.05, 3.63) is 0 Å². The lowest BCUT2D eigenvalue weighted by Crippen LogP contribution is -2.45. The van der Waals surface area contributed by atoms with Crippen LogP contribution in [0.1, 0.15) is 40.5 Å². The van der Waals surface area contributed by atoms with Crippen molar-refractivity contribution in [2.75, 3.05) is 27.3 Å². The minimum Gasteiger partial charge on any atom is -0.324 e. The summed E-state index contributed by atoms with van der Waals surface area (Å²) in [5, 5.41) is 3.39. The van der Waals surface area contributed by atoms with E-state index >= 15 is 0 Å². The quantitative estimate of drug-likeness (QED) is 0.765. The predicted molar refractivity (Wildman–Crippen MR) is 79.9 cm³/mol. The molecule has 1 heterocycles. The van der Waals surface area contributed by atoms with Crippen LogP contribution in [0.15, 0.2) is 0 Å². The molecule has 3 atom stereocenters. The van der Waals surface area contributed by atoms with Crippen molar-refractivity contribution in [1.29, 1.82) is 0 Å². The van der Waals surface area contributed by atoms with Crippen LogP contribution in [0, 0.1) is 11.8 Å². The monoisotopic (exact) mass is 269 g/mol. The lowest BCUT2D eigenvalue weighted by molar-refractivity contribution is -0.132. The highest BCUT2D eigenvalue weighted by molar-refractivity contribution is 5.84. The van der Waals surface area contributed by atoms with Gasteiger partial charge in [0.2, 0.25) is 5.91 Å². The first-order valence-corrected chi connectivity index (χ1v) is 7.55. The number of carbonyl (C=O) groups is 1. The molecular formula is C15H31N3O. The molecule has 19 heavy (non-hydrogen) atoms. The molecule has 1 saturated heterocycles. The van der Waals surface area contributed by atoms with E-state index in [0.717, 1.165) is 19.4 Å². The van der Waals surface area contributed by atoms with Crippen molar-refractivity contribution in [2.24, 2.45) is 11.8 Å². The van der Waals surface area contributed by atoms with Gasteiger partial charge in [-0.25, -0.2) is 0 Å². The number of nitrogens with zero attached hydrogens (tertiary/aromatic N) is 2. The molecule has 1 amide bonds. The van der Waals surface area contributed by atoms with Gasteiger partial charge >= 0.3 is 0 Å². The number of carbonyl (C=O) groups excluding carboxylic acids is 1. The molecule has 0 aromatic carbocycles. The van der Waals surface area contributed by atoms with E-state index in [1.807, 2.05) is 0 Å². The van der Waals surface area contributed by atoms with Crippen LogP contribution < -0.4 is 5.32 Å². The van der Waals surface area contributed by atoms with Crippen LogP contribution in [-0.4, -0.2) is 55.1 Å². The van der Waals surface area contributed by atoms with Gasteiger partial charge in [-0.15, -0.1) is 0 Å². The van der Waals surface area contributed by atoms with Crippen LogP contribution in [0.3, 0.4) is 0 Å². The topological polar surface area (TPSA) is 35.6 Å². The highest BCUT2D eigenvalue weighted by Gasteiger charge is 2.37. The van der Waals surface area contributed by atoms with Crippen LogP contribution in [0.25, 0.3) is 0 Å². The molecule has 1 aliphatic rings. The van der Waals surface area contributed by atoms with Gasteiger partial charge in [0.15, 0.2) is 0 Å². The van der Waals surface area contributed by atoms with E-state index in [0.29, 0.717) is 30.5 Å². The Morgan fingerprint density at radius 1 is 1.37 bits per heavy atom. The smallest absolute Gasteiger partial charge is 0.241 e. The first-order chi connectivity index (χ1) is 8.86. The van der Waals surface area contributed by atoms with Crippen molar-refractivity contribution >= 4 is 5.91 Å². The largest absolute Gasteiger partial charge is 0.324 e.